The van der Waals surface area contributed by atoms with E-state index >= 15 is 0 Å². The molecule has 1 fully saturated rings. The summed E-state index contributed by atoms with van der Waals surface area (Å²) in [6, 6.07) is 9.79. The minimum Gasteiger partial charge on any atom is -0.375 e. The third-order valence-corrected chi connectivity index (χ3v) is 7.83. The van der Waals surface area contributed by atoms with Crippen LogP contribution in [0.25, 0.3) is 10.2 Å². The zero-order valence-corrected chi connectivity index (χ0v) is 20.0. The molecule has 5 rings (SSSR count). The number of thiophene rings is 1. The Balaban J connectivity index is 1.77. The van der Waals surface area contributed by atoms with Crippen molar-refractivity contribution < 1.29 is 9.47 Å². The molecule has 7 heteroatoms. The Morgan fingerprint density at radius 2 is 1.81 bits per heavy atom. The van der Waals surface area contributed by atoms with Gasteiger partial charge in [0.2, 0.25) is 0 Å². The van der Waals surface area contributed by atoms with Crippen LogP contribution in [0.2, 0.25) is 0 Å². The minimum atomic E-state index is -0.363. The number of nitrogens with zero attached hydrogens (tertiary/aromatic N) is 2. The maximum Gasteiger partial charge on any atom is 0.332 e. The summed E-state index contributed by atoms with van der Waals surface area (Å²) in [6.07, 6.45) is 1.97. The van der Waals surface area contributed by atoms with Gasteiger partial charge in [-0.1, -0.05) is 30.3 Å². The first-order chi connectivity index (χ1) is 15.2. The summed E-state index contributed by atoms with van der Waals surface area (Å²) in [5.41, 5.74) is 1.00. The normalized spacial score (nSPS) is 22.1. The molecule has 0 spiro atoms. The standard InChI is InChI=1S/C25H30N2O4S/c1-24(2)12-17(10-11-30-24)27-21(28)20-18-13-25(3,4)31-15-19(18)32-22(20)26(23(27)29)14-16-8-6-5-7-9-16/h5-9,17H,10-15H2,1-4H3. The van der Waals surface area contributed by atoms with Crippen molar-refractivity contribution in [2.24, 2.45) is 0 Å². The highest BCUT2D eigenvalue weighted by Gasteiger charge is 2.35. The maximum atomic E-state index is 13.9. The van der Waals surface area contributed by atoms with Crippen molar-refractivity contribution >= 4 is 21.6 Å². The molecule has 4 heterocycles. The fourth-order valence-electron chi connectivity index (χ4n) is 5.02. The lowest BCUT2D eigenvalue weighted by Gasteiger charge is -2.36. The summed E-state index contributed by atoms with van der Waals surface area (Å²) in [5, 5.41) is 0.696. The monoisotopic (exact) mass is 454 g/mol. The molecule has 0 N–H and O–H groups in total. The summed E-state index contributed by atoms with van der Waals surface area (Å²) < 4.78 is 15.2. The minimum absolute atomic E-state index is 0.160. The predicted molar refractivity (Wildman–Crippen MR) is 127 cm³/mol. The number of hydrogen-bond donors (Lipinski definition) is 0. The number of fused-ring (bicyclic) bond motifs is 3. The van der Waals surface area contributed by atoms with Gasteiger partial charge in [-0.15, -0.1) is 11.3 Å². The lowest BCUT2D eigenvalue weighted by atomic mass is 9.93. The summed E-state index contributed by atoms with van der Waals surface area (Å²) in [6.45, 7) is 9.62. The molecule has 1 saturated heterocycles. The van der Waals surface area contributed by atoms with Crippen LogP contribution >= 0.6 is 11.3 Å². The quantitative estimate of drug-likeness (QED) is 0.593. The zero-order chi connectivity index (χ0) is 22.7. The molecule has 1 unspecified atom stereocenters. The van der Waals surface area contributed by atoms with Gasteiger partial charge in [-0.25, -0.2) is 4.79 Å². The summed E-state index contributed by atoms with van der Waals surface area (Å²) in [4.78, 5) is 29.5. The molecule has 0 bridgehead atoms. The van der Waals surface area contributed by atoms with E-state index in [0.717, 1.165) is 20.8 Å². The van der Waals surface area contributed by atoms with Crippen LogP contribution in [0, 0.1) is 0 Å². The lowest BCUT2D eigenvalue weighted by Crippen LogP contribution is -2.46. The van der Waals surface area contributed by atoms with Crippen LogP contribution in [0.15, 0.2) is 39.9 Å². The van der Waals surface area contributed by atoms with E-state index in [4.69, 9.17) is 9.47 Å². The van der Waals surface area contributed by atoms with Gasteiger partial charge in [-0.2, -0.15) is 0 Å². The van der Waals surface area contributed by atoms with Crippen molar-refractivity contribution in [3.63, 3.8) is 0 Å². The Hall–Kier alpha value is -2.22. The number of hydrogen-bond acceptors (Lipinski definition) is 5. The molecule has 32 heavy (non-hydrogen) atoms. The smallest absolute Gasteiger partial charge is 0.332 e. The second kappa shape index (κ2) is 7.68. The maximum absolute atomic E-state index is 13.9. The van der Waals surface area contributed by atoms with Gasteiger partial charge in [-0.05, 0) is 51.7 Å². The highest BCUT2D eigenvalue weighted by molar-refractivity contribution is 7.18. The molecule has 0 saturated carbocycles. The third kappa shape index (κ3) is 3.76. The molecule has 2 aliphatic rings. The van der Waals surface area contributed by atoms with E-state index in [1.807, 2.05) is 44.2 Å². The van der Waals surface area contributed by atoms with Crippen molar-refractivity contribution in [2.75, 3.05) is 6.61 Å². The van der Waals surface area contributed by atoms with Crippen LogP contribution in [0.5, 0.6) is 0 Å². The average Bonchev–Trinajstić information content (AvgIpc) is 3.09. The molecule has 0 aliphatic carbocycles. The van der Waals surface area contributed by atoms with Crippen molar-refractivity contribution in [1.82, 2.24) is 9.13 Å². The van der Waals surface area contributed by atoms with Gasteiger partial charge in [0.05, 0.1) is 29.7 Å². The summed E-state index contributed by atoms with van der Waals surface area (Å²) in [7, 11) is 0. The Labute approximate surface area is 191 Å². The Kier molecular flexibility index (Phi) is 5.19. The van der Waals surface area contributed by atoms with Gasteiger partial charge in [0.15, 0.2) is 0 Å². The topological polar surface area (TPSA) is 62.5 Å². The Morgan fingerprint density at radius 3 is 2.53 bits per heavy atom. The number of rotatable bonds is 3. The van der Waals surface area contributed by atoms with Crippen molar-refractivity contribution in [3.05, 3.63) is 67.2 Å². The van der Waals surface area contributed by atoms with Crippen LogP contribution in [0.4, 0.5) is 0 Å². The molecule has 3 aromatic rings. The van der Waals surface area contributed by atoms with Gasteiger partial charge in [0.25, 0.3) is 5.56 Å². The summed E-state index contributed by atoms with van der Waals surface area (Å²) in [5.74, 6) is 0. The first kappa shape index (κ1) is 21.6. The molecule has 0 radical (unpaired) electrons. The van der Waals surface area contributed by atoms with E-state index < -0.39 is 0 Å². The SMILES string of the molecule is CC1(C)Cc2c(sc3c2c(=O)n(C2CCOC(C)(C)C2)c(=O)n3Cc2ccccc2)CO1. The van der Waals surface area contributed by atoms with Gasteiger partial charge in [0.1, 0.15) is 4.83 Å². The molecule has 2 aromatic heterocycles. The number of aromatic nitrogens is 2. The Morgan fingerprint density at radius 1 is 1.06 bits per heavy atom. The van der Waals surface area contributed by atoms with E-state index in [-0.39, 0.29) is 28.5 Å². The average molecular weight is 455 g/mol. The van der Waals surface area contributed by atoms with Crippen molar-refractivity contribution in [1.29, 1.82) is 0 Å². The molecule has 1 atom stereocenters. The van der Waals surface area contributed by atoms with E-state index in [2.05, 4.69) is 13.8 Å². The second-order valence-corrected chi connectivity index (χ2v) is 11.3. The highest BCUT2D eigenvalue weighted by atomic mass is 32.1. The van der Waals surface area contributed by atoms with E-state index in [1.54, 1.807) is 4.57 Å². The van der Waals surface area contributed by atoms with Crippen LogP contribution < -0.4 is 11.2 Å². The molecule has 2 aliphatic heterocycles. The Bertz CT molecular complexity index is 1280. The van der Waals surface area contributed by atoms with Crippen LogP contribution in [0.1, 0.15) is 62.6 Å². The molecule has 170 valence electrons. The number of ether oxygens (including phenoxy) is 2. The molecule has 1 aromatic carbocycles. The van der Waals surface area contributed by atoms with Gasteiger partial charge < -0.3 is 9.47 Å². The first-order valence-corrected chi connectivity index (χ1v) is 12.1. The fraction of sp³-hybridized carbons (Fsp3) is 0.520. The van der Waals surface area contributed by atoms with E-state index in [1.165, 1.54) is 15.9 Å². The molecule has 0 amide bonds. The largest absolute Gasteiger partial charge is 0.375 e. The van der Waals surface area contributed by atoms with E-state index in [0.29, 0.717) is 44.4 Å². The van der Waals surface area contributed by atoms with Gasteiger partial charge in [0, 0.05) is 23.9 Å². The second-order valence-electron chi connectivity index (χ2n) is 10.2. The summed E-state index contributed by atoms with van der Waals surface area (Å²) >= 11 is 1.53. The molecular formula is C25H30N2O4S. The predicted octanol–water partition coefficient (Wildman–Crippen LogP) is 4.25. The zero-order valence-electron chi connectivity index (χ0n) is 19.1. The first-order valence-electron chi connectivity index (χ1n) is 11.3. The van der Waals surface area contributed by atoms with Crippen molar-refractivity contribution in [3.8, 4) is 0 Å². The highest BCUT2D eigenvalue weighted by Crippen LogP contribution is 2.38. The third-order valence-electron chi connectivity index (χ3n) is 6.60. The van der Waals surface area contributed by atoms with Crippen LogP contribution in [-0.2, 0) is 29.0 Å². The fourth-order valence-corrected chi connectivity index (χ4v) is 6.24. The number of benzene rings is 1. The van der Waals surface area contributed by atoms with Gasteiger partial charge >= 0.3 is 5.69 Å². The molecule has 6 nitrogen and oxygen atoms in total. The lowest BCUT2D eigenvalue weighted by molar-refractivity contribution is -0.0702. The van der Waals surface area contributed by atoms with E-state index in [9.17, 15) is 9.59 Å². The van der Waals surface area contributed by atoms with Crippen molar-refractivity contribution in [2.45, 2.75) is 77.4 Å². The van der Waals surface area contributed by atoms with Crippen LogP contribution in [0.3, 0.4) is 0 Å². The molecular weight excluding hydrogens is 424 g/mol. The van der Waals surface area contributed by atoms with Gasteiger partial charge in [-0.3, -0.25) is 13.9 Å². The van der Waals surface area contributed by atoms with Crippen LogP contribution in [-0.4, -0.2) is 26.9 Å².